The average Bonchev–Trinajstić information content (AvgIpc) is 2.49. The van der Waals surface area contributed by atoms with Crippen molar-refractivity contribution in [3.05, 3.63) is 23.8 Å². The van der Waals surface area contributed by atoms with Crippen LogP contribution in [0.4, 0.5) is 32.0 Å². The third kappa shape index (κ3) is 2.97. The van der Waals surface area contributed by atoms with E-state index in [1.165, 1.54) is 4.90 Å². The van der Waals surface area contributed by atoms with Crippen LogP contribution in [-0.2, 0) is 10.4 Å². The molecular weight excluding hydrogens is 360 g/mol. The van der Waals surface area contributed by atoms with Crippen molar-refractivity contribution in [2.24, 2.45) is 0 Å². The summed E-state index contributed by atoms with van der Waals surface area (Å²) < 4.78 is 77.6. The summed E-state index contributed by atoms with van der Waals surface area (Å²) >= 11 is 1.03. The molecule has 0 fully saturated rings. The van der Waals surface area contributed by atoms with E-state index in [0.29, 0.717) is 24.4 Å². The number of thioether (sulfide) groups is 1. The number of alkyl halides is 6. The van der Waals surface area contributed by atoms with Gasteiger partial charge in [0.2, 0.25) is 5.91 Å². The van der Waals surface area contributed by atoms with E-state index in [4.69, 9.17) is 0 Å². The lowest BCUT2D eigenvalue weighted by atomic mass is 9.92. The van der Waals surface area contributed by atoms with Crippen LogP contribution >= 0.6 is 11.8 Å². The quantitative estimate of drug-likeness (QED) is 0.801. The Kier molecular flexibility index (Phi) is 4.84. The monoisotopic (exact) mass is 373 g/mol. The summed E-state index contributed by atoms with van der Waals surface area (Å²) in [7, 11) is 0. The van der Waals surface area contributed by atoms with Crippen LogP contribution in [0, 0.1) is 0 Å². The largest absolute Gasteiger partial charge is 0.430 e. The van der Waals surface area contributed by atoms with E-state index >= 15 is 0 Å². The molecule has 0 radical (unpaired) electrons. The van der Waals surface area contributed by atoms with Crippen LogP contribution < -0.4 is 4.90 Å². The number of fused-ring (bicyclic) bond motifs is 1. The average molecular weight is 373 g/mol. The van der Waals surface area contributed by atoms with Crippen molar-refractivity contribution < 1.29 is 36.2 Å². The zero-order valence-corrected chi connectivity index (χ0v) is 13.1. The Labute approximate surface area is 137 Å². The van der Waals surface area contributed by atoms with Crippen LogP contribution in [0.3, 0.4) is 0 Å². The first-order valence-corrected chi connectivity index (χ1v) is 7.85. The van der Waals surface area contributed by atoms with Gasteiger partial charge in [-0.15, -0.1) is 11.8 Å². The number of hydrogen-bond acceptors (Lipinski definition) is 3. The summed E-state index contributed by atoms with van der Waals surface area (Å²) in [6.45, 7) is 1.91. The van der Waals surface area contributed by atoms with Crippen molar-refractivity contribution in [1.29, 1.82) is 0 Å². The maximum Gasteiger partial charge on any atom is 0.430 e. The Balaban J connectivity index is 2.56. The number of halogens is 6. The lowest BCUT2D eigenvalue weighted by Crippen LogP contribution is -2.54. The van der Waals surface area contributed by atoms with Gasteiger partial charge >= 0.3 is 12.4 Å². The predicted octanol–water partition coefficient (Wildman–Crippen LogP) is 3.85. The zero-order chi connectivity index (χ0) is 18.3. The molecule has 1 aromatic carbocycles. The highest BCUT2D eigenvalue weighted by Gasteiger charge is 2.71. The van der Waals surface area contributed by atoms with E-state index in [1.807, 2.05) is 0 Å². The Morgan fingerprint density at radius 1 is 1.21 bits per heavy atom. The van der Waals surface area contributed by atoms with E-state index in [2.05, 4.69) is 0 Å². The van der Waals surface area contributed by atoms with Crippen molar-refractivity contribution in [2.75, 3.05) is 17.2 Å². The number of rotatable bonds is 2. The van der Waals surface area contributed by atoms with Gasteiger partial charge in [0, 0.05) is 29.2 Å². The first-order chi connectivity index (χ1) is 10.9. The third-order valence-electron chi connectivity index (χ3n) is 3.66. The van der Waals surface area contributed by atoms with Crippen molar-refractivity contribution in [1.82, 2.24) is 0 Å². The summed E-state index contributed by atoms with van der Waals surface area (Å²) in [6, 6.07) is 2.21. The molecule has 0 saturated carbocycles. The van der Waals surface area contributed by atoms with Gasteiger partial charge in [-0.25, -0.2) is 0 Å². The third-order valence-corrected chi connectivity index (χ3v) is 4.69. The molecule has 1 heterocycles. The number of carbonyl (C=O) groups is 1. The normalized spacial score (nSPS) is 16.1. The molecule has 0 bridgehead atoms. The summed E-state index contributed by atoms with van der Waals surface area (Å²) in [5.41, 5.74) is -6.04. The molecule has 1 aliphatic heterocycles. The molecule has 3 nitrogen and oxygen atoms in total. The molecule has 2 rings (SSSR count). The fraction of sp³-hybridized carbons (Fsp3) is 0.500. The first-order valence-electron chi connectivity index (χ1n) is 6.87. The van der Waals surface area contributed by atoms with Gasteiger partial charge in [0.25, 0.3) is 5.60 Å². The molecule has 1 aliphatic rings. The van der Waals surface area contributed by atoms with Gasteiger partial charge in [-0.05, 0) is 12.1 Å². The van der Waals surface area contributed by atoms with Crippen LogP contribution in [-0.4, -0.2) is 35.7 Å². The molecule has 0 unspecified atom stereocenters. The smallest absolute Gasteiger partial charge is 0.369 e. The van der Waals surface area contributed by atoms with Crippen LogP contribution in [0.1, 0.15) is 18.9 Å². The number of aliphatic hydroxyl groups is 1. The molecule has 1 amide bonds. The molecule has 10 heteroatoms. The highest BCUT2D eigenvalue weighted by molar-refractivity contribution is 7.99. The minimum atomic E-state index is -5.93. The lowest BCUT2D eigenvalue weighted by Gasteiger charge is -2.34. The number of anilines is 1. The fourth-order valence-corrected chi connectivity index (χ4v) is 3.41. The van der Waals surface area contributed by atoms with Gasteiger partial charge in [-0.3, -0.25) is 4.79 Å². The molecule has 0 atom stereocenters. The molecule has 24 heavy (non-hydrogen) atoms. The van der Waals surface area contributed by atoms with E-state index in [1.54, 1.807) is 6.92 Å². The summed E-state index contributed by atoms with van der Waals surface area (Å²) in [6.07, 6.45) is -11.7. The summed E-state index contributed by atoms with van der Waals surface area (Å²) in [5, 5.41) is 9.44. The molecule has 0 spiro atoms. The SMILES string of the molecule is CCC(=O)N1CCSc2cc(C(O)(C(F)(F)F)C(F)(F)F)ccc21. The Hall–Kier alpha value is -1.42. The van der Waals surface area contributed by atoms with Crippen LogP contribution in [0.15, 0.2) is 23.1 Å². The number of hydrogen-bond donors (Lipinski definition) is 1. The van der Waals surface area contributed by atoms with Gasteiger partial charge in [0.1, 0.15) is 0 Å². The molecule has 134 valence electrons. The second-order valence-corrected chi connectivity index (χ2v) is 6.27. The topological polar surface area (TPSA) is 40.5 Å². The standard InChI is InChI=1S/C14H13F6NO2S/c1-2-11(22)21-5-6-24-10-7-8(3-4-9(10)21)12(23,13(15,16)17)14(18,19)20/h3-4,7,23H,2,5-6H2,1H3. The number of benzene rings is 1. The molecule has 0 saturated heterocycles. The van der Waals surface area contributed by atoms with Crippen molar-refractivity contribution in [3.8, 4) is 0 Å². The minimum Gasteiger partial charge on any atom is -0.369 e. The molecule has 0 aromatic heterocycles. The van der Waals surface area contributed by atoms with Crippen LogP contribution in [0.25, 0.3) is 0 Å². The Bertz CT molecular complexity index is 629. The van der Waals surface area contributed by atoms with E-state index in [0.717, 1.165) is 17.8 Å². The Morgan fingerprint density at radius 3 is 2.29 bits per heavy atom. The predicted molar refractivity (Wildman–Crippen MR) is 75.8 cm³/mol. The number of nitrogens with zero attached hydrogens (tertiary/aromatic N) is 1. The summed E-state index contributed by atoms with van der Waals surface area (Å²) in [4.78, 5) is 13.2. The van der Waals surface area contributed by atoms with Crippen molar-refractivity contribution >= 4 is 23.4 Å². The molecule has 1 aromatic rings. The van der Waals surface area contributed by atoms with Gasteiger partial charge < -0.3 is 10.0 Å². The van der Waals surface area contributed by atoms with Crippen molar-refractivity contribution in [3.63, 3.8) is 0 Å². The molecular formula is C14H13F6NO2S. The highest BCUT2D eigenvalue weighted by Crippen LogP contribution is 2.51. The number of amides is 1. The zero-order valence-electron chi connectivity index (χ0n) is 12.3. The van der Waals surface area contributed by atoms with Gasteiger partial charge in [-0.2, -0.15) is 26.3 Å². The van der Waals surface area contributed by atoms with Gasteiger partial charge in [-0.1, -0.05) is 13.0 Å². The Morgan fingerprint density at radius 2 is 1.79 bits per heavy atom. The fourth-order valence-electron chi connectivity index (χ4n) is 2.38. The second-order valence-electron chi connectivity index (χ2n) is 5.14. The molecule has 0 aliphatic carbocycles. The van der Waals surface area contributed by atoms with Gasteiger partial charge in [0.15, 0.2) is 0 Å². The minimum absolute atomic E-state index is 0.0903. The maximum atomic E-state index is 12.9. The van der Waals surface area contributed by atoms with Crippen LogP contribution in [0.2, 0.25) is 0 Å². The van der Waals surface area contributed by atoms with Crippen LogP contribution in [0.5, 0.6) is 0 Å². The van der Waals surface area contributed by atoms with E-state index < -0.39 is 23.5 Å². The first kappa shape index (κ1) is 18.9. The van der Waals surface area contributed by atoms with E-state index in [9.17, 15) is 36.2 Å². The second kappa shape index (κ2) is 6.14. The molecule has 1 N–H and O–H groups in total. The highest BCUT2D eigenvalue weighted by atomic mass is 32.2. The summed E-state index contributed by atoms with van der Waals surface area (Å²) in [5.74, 6) is 0.0461. The van der Waals surface area contributed by atoms with E-state index in [-0.39, 0.29) is 22.9 Å². The maximum absolute atomic E-state index is 12.9. The van der Waals surface area contributed by atoms with Crippen molar-refractivity contribution in [2.45, 2.75) is 36.2 Å². The lowest BCUT2D eigenvalue weighted by molar-refractivity contribution is -0.376. The number of carbonyl (C=O) groups excluding carboxylic acids is 1. The van der Waals surface area contributed by atoms with Gasteiger partial charge in [0.05, 0.1) is 5.69 Å².